The van der Waals surface area contributed by atoms with Gasteiger partial charge in [-0.25, -0.2) is 0 Å². The first-order valence-electron chi connectivity index (χ1n) is 4.11. The number of methoxy groups -OCH3 is 1. The fraction of sp³-hybridized carbons (Fsp3) is 0.875. The number of hydrogen-bond donors (Lipinski definition) is 1. The van der Waals surface area contributed by atoms with Crippen molar-refractivity contribution in [3.63, 3.8) is 0 Å². The standard InChI is InChI=1S/C8H14NO2/c1-11-8(6-2-3-6)9-4-7(10)5-9/h7-8,10H,2-5H2,1H3. The molecule has 3 nitrogen and oxygen atoms in total. The van der Waals surface area contributed by atoms with E-state index in [9.17, 15) is 0 Å². The highest BCUT2D eigenvalue weighted by Gasteiger charge is 2.40. The fourth-order valence-corrected chi connectivity index (χ4v) is 1.57. The monoisotopic (exact) mass is 156 g/mol. The Labute approximate surface area is 66.9 Å². The van der Waals surface area contributed by atoms with Gasteiger partial charge >= 0.3 is 0 Å². The minimum atomic E-state index is -0.119. The van der Waals surface area contributed by atoms with E-state index in [1.54, 1.807) is 7.11 Å². The Morgan fingerprint density at radius 3 is 2.55 bits per heavy atom. The van der Waals surface area contributed by atoms with Gasteiger partial charge in [0, 0.05) is 26.1 Å². The van der Waals surface area contributed by atoms with Crippen molar-refractivity contribution in [1.29, 1.82) is 0 Å². The van der Waals surface area contributed by atoms with E-state index >= 15 is 0 Å². The molecule has 1 saturated carbocycles. The van der Waals surface area contributed by atoms with Crippen molar-refractivity contribution in [3.05, 3.63) is 5.92 Å². The maximum absolute atomic E-state index is 9.06. The molecule has 63 valence electrons. The summed E-state index contributed by atoms with van der Waals surface area (Å²) in [5.74, 6) is 1.49. The fourth-order valence-electron chi connectivity index (χ4n) is 1.57. The second-order valence-electron chi connectivity index (χ2n) is 3.35. The lowest BCUT2D eigenvalue weighted by molar-refractivity contribution is -0.103. The zero-order chi connectivity index (χ0) is 7.84. The Kier molecular flexibility index (Phi) is 1.87. The third kappa shape index (κ3) is 1.41. The Bertz CT molecular complexity index is 141. The normalized spacial score (nSPS) is 30.0. The van der Waals surface area contributed by atoms with Gasteiger partial charge in [0.15, 0.2) is 0 Å². The number of likely N-dealkylation sites (tertiary alicyclic amines) is 1. The topological polar surface area (TPSA) is 32.7 Å². The van der Waals surface area contributed by atoms with Crippen molar-refractivity contribution < 1.29 is 9.84 Å². The first kappa shape index (κ1) is 7.53. The SMILES string of the molecule is COC([C]1CC1)N1CC(O)C1. The molecule has 0 aromatic carbocycles. The van der Waals surface area contributed by atoms with Gasteiger partial charge in [-0.1, -0.05) is 0 Å². The summed E-state index contributed by atoms with van der Waals surface area (Å²) < 4.78 is 5.30. The van der Waals surface area contributed by atoms with E-state index in [0.717, 1.165) is 13.1 Å². The van der Waals surface area contributed by atoms with E-state index in [-0.39, 0.29) is 12.3 Å². The molecule has 1 aliphatic carbocycles. The highest BCUT2D eigenvalue weighted by Crippen LogP contribution is 2.39. The van der Waals surface area contributed by atoms with Crippen molar-refractivity contribution in [3.8, 4) is 0 Å². The van der Waals surface area contributed by atoms with Crippen molar-refractivity contribution in [2.45, 2.75) is 25.2 Å². The second-order valence-corrected chi connectivity index (χ2v) is 3.35. The van der Waals surface area contributed by atoms with Crippen molar-refractivity contribution in [2.75, 3.05) is 20.2 Å². The van der Waals surface area contributed by atoms with Crippen LogP contribution in [0.1, 0.15) is 12.8 Å². The molecular formula is C8H14NO2. The number of β-amino-alcohol motifs (C(OH)–C–C–N with tert-alkyl or cyclic N) is 1. The van der Waals surface area contributed by atoms with Crippen LogP contribution in [0.25, 0.3) is 0 Å². The lowest BCUT2D eigenvalue weighted by Gasteiger charge is -2.40. The molecule has 1 heterocycles. The molecule has 0 bridgehead atoms. The Hall–Kier alpha value is -0.120. The van der Waals surface area contributed by atoms with E-state index in [0.29, 0.717) is 0 Å². The second kappa shape index (κ2) is 2.73. The Morgan fingerprint density at radius 1 is 1.55 bits per heavy atom. The number of ether oxygens (including phenoxy) is 1. The Balaban J connectivity index is 1.81. The van der Waals surface area contributed by atoms with Crippen LogP contribution in [0, 0.1) is 5.92 Å². The van der Waals surface area contributed by atoms with Crippen LogP contribution in [0.4, 0.5) is 0 Å². The molecule has 0 spiro atoms. The highest BCUT2D eigenvalue weighted by atomic mass is 16.5. The molecule has 2 fully saturated rings. The molecule has 1 unspecified atom stereocenters. The van der Waals surface area contributed by atoms with Gasteiger partial charge in [-0.2, -0.15) is 0 Å². The van der Waals surface area contributed by atoms with Gasteiger partial charge in [-0.05, 0) is 12.8 Å². The third-order valence-electron chi connectivity index (χ3n) is 2.33. The molecule has 3 heteroatoms. The number of nitrogens with zero attached hydrogens (tertiary/aromatic N) is 1. The van der Waals surface area contributed by atoms with Crippen LogP contribution in [0.5, 0.6) is 0 Å². The van der Waals surface area contributed by atoms with Crippen molar-refractivity contribution in [2.24, 2.45) is 0 Å². The Morgan fingerprint density at radius 2 is 2.18 bits per heavy atom. The lowest BCUT2D eigenvalue weighted by atomic mass is 10.1. The number of aliphatic hydroxyl groups excluding tert-OH is 1. The maximum Gasteiger partial charge on any atom is 0.116 e. The summed E-state index contributed by atoms with van der Waals surface area (Å²) >= 11 is 0. The molecule has 1 aliphatic heterocycles. The quantitative estimate of drug-likeness (QED) is 0.624. The minimum absolute atomic E-state index is 0.119. The van der Waals surface area contributed by atoms with Crippen LogP contribution in [0.15, 0.2) is 0 Å². The van der Waals surface area contributed by atoms with Crippen LogP contribution >= 0.6 is 0 Å². The first-order valence-corrected chi connectivity index (χ1v) is 4.11. The minimum Gasteiger partial charge on any atom is -0.390 e. The van der Waals surface area contributed by atoms with Crippen LogP contribution in [0.2, 0.25) is 0 Å². The summed E-state index contributed by atoms with van der Waals surface area (Å²) in [5.41, 5.74) is 0. The summed E-state index contributed by atoms with van der Waals surface area (Å²) in [5, 5.41) is 9.06. The molecule has 0 aromatic rings. The molecule has 1 radical (unpaired) electrons. The zero-order valence-corrected chi connectivity index (χ0v) is 6.79. The molecule has 1 atom stereocenters. The summed E-state index contributed by atoms with van der Waals surface area (Å²) in [6.45, 7) is 1.56. The van der Waals surface area contributed by atoms with Crippen LogP contribution in [-0.4, -0.2) is 42.5 Å². The molecule has 1 N–H and O–H groups in total. The smallest absolute Gasteiger partial charge is 0.116 e. The summed E-state index contributed by atoms with van der Waals surface area (Å²) in [6.07, 6.45) is 2.52. The van der Waals surface area contributed by atoms with Gasteiger partial charge in [0.05, 0.1) is 6.10 Å². The predicted octanol–water partition coefficient (Wildman–Crippen LogP) is 0.00369. The largest absolute Gasteiger partial charge is 0.390 e. The van der Waals surface area contributed by atoms with Gasteiger partial charge in [-0.15, -0.1) is 0 Å². The number of rotatable bonds is 3. The molecule has 11 heavy (non-hydrogen) atoms. The molecule has 0 amide bonds. The van der Waals surface area contributed by atoms with E-state index in [4.69, 9.17) is 9.84 Å². The maximum atomic E-state index is 9.06. The molecular weight excluding hydrogens is 142 g/mol. The van der Waals surface area contributed by atoms with E-state index in [1.165, 1.54) is 18.8 Å². The molecule has 0 aromatic heterocycles. The van der Waals surface area contributed by atoms with Crippen molar-refractivity contribution >= 4 is 0 Å². The third-order valence-corrected chi connectivity index (χ3v) is 2.33. The summed E-state index contributed by atoms with van der Waals surface area (Å²) in [4.78, 5) is 2.17. The summed E-state index contributed by atoms with van der Waals surface area (Å²) in [6, 6.07) is 0. The summed E-state index contributed by atoms with van der Waals surface area (Å²) in [7, 11) is 1.74. The average molecular weight is 156 g/mol. The van der Waals surface area contributed by atoms with Gasteiger partial charge in [0.2, 0.25) is 0 Å². The molecule has 1 saturated heterocycles. The highest BCUT2D eigenvalue weighted by molar-refractivity contribution is 5.12. The average Bonchev–Trinajstić information content (AvgIpc) is 2.69. The molecule has 2 rings (SSSR count). The van der Waals surface area contributed by atoms with Crippen LogP contribution in [-0.2, 0) is 4.74 Å². The first-order chi connectivity index (χ1) is 5.31. The van der Waals surface area contributed by atoms with E-state index in [1.807, 2.05) is 0 Å². The number of hydrogen-bond acceptors (Lipinski definition) is 3. The predicted molar refractivity (Wildman–Crippen MR) is 40.9 cm³/mol. The van der Waals surface area contributed by atoms with Gasteiger partial charge < -0.3 is 9.84 Å². The van der Waals surface area contributed by atoms with Gasteiger partial charge in [0.1, 0.15) is 6.23 Å². The van der Waals surface area contributed by atoms with E-state index in [2.05, 4.69) is 4.90 Å². The van der Waals surface area contributed by atoms with Crippen LogP contribution < -0.4 is 0 Å². The van der Waals surface area contributed by atoms with Gasteiger partial charge in [0.25, 0.3) is 0 Å². The van der Waals surface area contributed by atoms with Crippen molar-refractivity contribution in [1.82, 2.24) is 4.90 Å². The zero-order valence-electron chi connectivity index (χ0n) is 6.79. The molecule has 2 aliphatic rings. The lowest BCUT2D eigenvalue weighted by Crippen LogP contribution is -2.56. The van der Waals surface area contributed by atoms with E-state index < -0.39 is 0 Å². The number of aliphatic hydroxyl groups is 1. The van der Waals surface area contributed by atoms with Gasteiger partial charge in [-0.3, -0.25) is 4.90 Å². The van der Waals surface area contributed by atoms with Crippen LogP contribution in [0.3, 0.4) is 0 Å².